The van der Waals surface area contributed by atoms with Crippen molar-refractivity contribution < 1.29 is 5.11 Å². The molecule has 198 valence electrons. The molecule has 5 rings (SSSR count). The number of aromatic nitrogens is 3. The molecule has 1 atom stereocenters. The monoisotopic (exact) mass is 501 g/mol. The first-order valence-electron chi connectivity index (χ1n) is 14.3. The van der Waals surface area contributed by atoms with Crippen LogP contribution in [0.15, 0.2) is 43.2 Å². The summed E-state index contributed by atoms with van der Waals surface area (Å²) in [5.74, 6) is 1.21. The largest absolute Gasteiger partial charge is 0.393 e. The van der Waals surface area contributed by atoms with Crippen LogP contribution in [0.4, 0.5) is 5.95 Å². The van der Waals surface area contributed by atoms with Crippen molar-refractivity contribution in [3.05, 3.63) is 59.9 Å². The molecule has 1 aliphatic carbocycles. The number of rotatable bonds is 8. The van der Waals surface area contributed by atoms with E-state index in [1.54, 1.807) is 0 Å². The summed E-state index contributed by atoms with van der Waals surface area (Å²) in [6.45, 7) is 13.0. The fourth-order valence-corrected chi connectivity index (χ4v) is 6.32. The van der Waals surface area contributed by atoms with Gasteiger partial charge in [-0.2, -0.15) is 4.98 Å². The minimum absolute atomic E-state index is 0.162. The fraction of sp³-hybridized carbons (Fsp3) is 0.548. The van der Waals surface area contributed by atoms with E-state index in [0.717, 1.165) is 81.7 Å². The molecule has 2 N–H and O–H groups in total. The second-order valence-corrected chi connectivity index (χ2v) is 11.2. The second-order valence-electron chi connectivity index (χ2n) is 11.2. The molecule has 6 heteroatoms. The second kappa shape index (κ2) is 11.3. The van der Waals surface area contributed by atoms with E-state index in [0.29, 0.717) is 18.0 Å². The summed E-state index contributed by atoms with van der Waals surface area (Å²) in [6.07, 6.45) is 12.4. The maximum atomic E-state index is 10.1. The van der Waals surface area contributed by atoms with Crippen molar-refractivity contribution in [1.29, 1.82) is 0 Å². The van der Waals surface area contributed by atoms with Crippen LogP contribution in [0.1, 0.15) is 93.9 Å². The van der Waals surface area contributed by atoms with Crippen LogP contribution in [0.25, 0.3) is 16.7 Å². The first-order valence-corrected chi connectivity index (χ1v) is 14.3. The molecule has 0 amide bonds. The van der Waals surface area contributed by atoms with Crippen molar-refractivity contribution in [2.45, 2.75) is 96.2 Å². The number of aliphatic hydroxyl groups is 1. The van der Waals surface area contributed by atoms with Crippen LogP contribution in [0.5, 0.6) is 0 Å². The fourth-order valence-electron chi connectivity index (χ4n) is 6.32. The van der Waals surface area contributed by atoms with E-state index in [1.165, 1.54) is 22.1 Å². The summed E-state index contributed by atoms with van der Waals surface area (Å²) in [5.41, 5.74) is 6.10. The lowest BCUT2D eigenvalue weighted by Crippen LogP contribution is -2.31. The minimum atomic E-state index is -0.162. The Morgan fingerprint density at radius 2 is 1.86 bits per heavy atom. The van der Waals surface area contributed by atoms with Gasteiger partial charge in [-0.3, -0.25) is 0 Å². The summed E-state index contributed by atoms with van der Waals surface area (Å²) >= 11 is 0. The highest BCUT2D eigenvalue weighted by Crippen LogP contribution is 2.39. The van der Waals surface area contributed by atoms with Crippen molar-refractivity contribution >= 4 is 22.7 Å². The average Bonchev–Trinajstić information content (AvgIpc) is 3.28. The molecular formula is C31H43N5O. The van der Waals surface area contributed by atoms with Crippen LogP contribution < -0.4 is 5.32 Å². The molecule has 1 saturated heterocycles. The first kappa shape index (κ1) is 25.8. The summed E-state index contributed by atoms with van der Waals surface area (Å²) in [7, 11) is 0. The predicted octanol–water partition coefficient (Wildman–Crippen LogP) is 6.67. The Bertz CT molecular complexity index is 1220. The molecule has 0 bridgehead atoms. The smallest absolute Gasteiger partial charge is 0.224 e. The molecule has 3 heterocycles. The van der Waals surface area contributed by atoms with E-state index in [1.807, 2.05) is 6.20 Å². The van der Waals surface area contributed by atoms with E-state index < -0.39 is 0 Å². The van der Waals surface area contributed by atoms with Crippen molar-refractivity contribution in [2.24, 2.45) is 0 Å². The lowest BCUT2D eigenvalue weighted by Gasteiger charge is -2.35. The average molecular weight is 502 g/mol. The standard InChI is InChI=1S/C31H43N5O/c1-5-8-22(3)33-31-32-19-28-29(20-36(30(28)34-31)25-11-13-26(37)14-12-25)24-15-17-35(18-16-24)23(4)27-10-7-6-9-21(27)2/h6-7,9-10,19-20,22,24-26,37H,4-5,8,11-18H2,1-3H3,(H,32,33,34)/t22-,25?,26?/m0/s1. The van der Waals surface area contributed by atoms with Gasteiger partial charge in [0.2, 0.25) is 5.95 Å². The third kappa shape index (κ3) is 5.54. The highest BCUT2D eigenvalue weighted by Gasteiger charge is 2.29. The molecule has 1 aromatic carbocycles. The summed E-state index contributed by atoms with van der Waals surface area (Å²) in [4.78, 5) is 12.3. The molecule has 0 unspecified atom stereocenters. The van der Waals surface area contributed by atoms with Gasteiger partial charge in [-0.05, 0) is 75.8 Å². The number of benzene rings is 1. The van der Waals surface area contributed by atoms with Crippen LogP contribution in [0.2, 0.25) is 0 Å². The van der Waals surface area contributed by atoms with Crippen molar-refractivity contribution in [2.75, 3.05) is 18.4 Å². The van der Waals surface area contributed by atoms with Gasteiger partial charge in [0.25, 0.3) is 0 Å². The summed E-state index contributed by atoms with van der Waals surface area (Å²) in [6, 6.07) is 9.28. The molecule has 2 fully saturated rings. The zero-order valence-corrected chi connectivity index (χ0v) is 22.8. The quantitative estimate of drug-likeness (QED) is 0.361. The van der Waals surface area contributed by atoms with Crippen LogP contribution in [0, 0.1) is 6.92 Å². The van der Waals surface area contributed by atoms with Crippen LogP contribution in [-0.4, -0.2) is 49.8 Å². The van der Waals surface area contributed by atoms with Crippen molar-refractivity contribution in [3.8, 4) is 0 Å². The summed E-state index contributed by atoms with van der Waals surface area (Å²) in [5, 5.41) is 14.8. The zero-order valence-electron chi connectivity index (χ0n) is 22.8. The number of hydrogen-bond donors (Lipinski definition) is 2. The molecule has 2 aliphatic rings. The number of fused-ring (bicyclic) bond motifs is 1. The number of hydrogen-bond acceptors (Lipinski definition) is 5. The Hall–Kier alpha value is -2.86. The van der Waals surface area contributed by atoms with E-state index in [2.05, 4.69) is 72.6 Å². The van der Waals surface area contributed by atoms with Gasteiger partial charge in [0.1, 0.15) is 5.65 Å². The number of piperidine rings is 1. The molecule has 1 saturated carbocycles. The highest BCUT2D eigenvalue weighted by atomic mass is 16.3. The van der Waals surface area contributed by atoms with Crippen LogP contribution >= 0.6 is 0 Å². The van der Waals surface area contributed by atoms with E-state index in [4.69, 9.17) is 9.97 Å². The Kier molecular flexibility index (Phi) is 7.84. The predicted molar refractivity (Wildman–Crippen MR) is 153 cm³/mol. The molecule has 37 heavy (non-hydrogen) atoms. The molecule has 0 radical (unpaired) electrons. The Balaban J connectivity index is 1.39. The van der Waals surface area contributed by atoms with Gasteiger partial charge < -0.3 is 19.9 Å². The van der Waals surface area contributed by atoms with Gasteiger partial charge >= 0.3 is 0 Å². The van der Waals surface area contributed by atoms with Gasteiger partial charge in [0.15, 0.2) is 0 Å². The summed E-state index contributed by atoms with van der Waals surface area (Å²) < 4.78 is 2.41. The molecule has 1 aliphatic heterocycles. The normalized spacial score (nSPS) is 21.8. The molecular weight excluding hydrogens is 458 g/mol. The first-order chi connectivity index (χ1) is 17.9. The number of anilines is 1. The van der Waals surface area contributed by atoms with Crippen molar-refractivity contribution in [1.82, 2.24) is 19.4 Å². The van der Waals surface area contributed by atoms with Crippen LogP contribution in [-0.2, 0) is 0 Å². The third-order valence-electron chi connectivity index (χ3n) is 8.53. The molecule has 3 aromatic rings. The van der Waals surface area contributed by atoms with Gasteiger partial charge in [-0.1, -0.05) is 44.2 Å². The maximum absolute atomic E-state index is 10.1. The third-order valence-corrected chi connectivity index (χ3v) is 8.53. The SMILES string of the molecule is C=C(c1ccccc1C)N1CCC(c2cn(C3CCC(O)CC3)c3nc(N[C@@H](C)CCC)ncc23)CC1. The van der Waals surface area contributed by atoms with E-state index >= 15 is 0 Å². The van der Waals surface area contributed by atoms with E-state index in [9.17, 15) is 5.11 Å². The topological polar surface area (TPSA) is 66.2 Å². The lowest BCUT2D eigenvalue weighted by molar-refractivity contribution is 0.111. The zero-order chi connectivity index (χ0) is 25.9. The van der Waals surface area contributed by atoms with Crippen LogP contribution in [0.3, 0.4) is 0 Å². The number of aliphatic hydroxyl groups excluding tert-OH is 1. The van der Waals surface area contributed by atoms with Gasteiger partial charge in [-0.15, -0.1) is 0 Å². The number of likely N-dealkylation sites (tertiary alicyclic amines) is 1. The molecule has 0 spiro atoms. The molecule has 6 nitrogen and oxygen atoms in total. The number of nitrogens with one attached hydrogen (secondary N) is 1. The lowest BCUT2D eigenvalue weighted by atomic mass is 9.89. The number of aryl methyl sites for hydroxylation is 1. The highest BCUT2D eigenvalue weighted by molar-refractivity contribution is 5.81. The Morgan fingerprint density at radius 3 is 2.57 bits per heavy atom. The minimum Gasteiger partial charge on any atom is -0.393 e. The number of nitrogens with zero attached hydrogens (tertiary/aromatic N) is 4. The molecule has 2 aromatic heterocycles. The Labute approximate surface area is 221 Å². The van der Waals surface area contributed by atoms with Gasteiger partial charge in [-0.25, -0.2) is 4.98 Å². The van der Waals surface area contributed by atoms with E-state index in [-0.39, 0.29) is 6.10 Å². The van der Waals surface area contributed by atoms with Crippen molar-refractivity contribution in [3.63, 3.8) is 0 Å². The Morgan fingerprint density at radius 1 is 1.14 bits per heavy atom. The van der Waals surface area contributed by atoms with Gasteiger partial charge in [0.05, 0.1) is 6.10 Å². The maximum Gasteiger partial charge on any atom is 0.224 e. The van der Waals surface area contributed by atoms with Gasteiger partial charge in [0, 0.05) is 54.2 Å².